The van der Waals surface area contributed by atoms with Crippen LogP contribution in [0.3, 0.4) is 0 Å². The molecule has 0 fully saturated rings. The fraction of sp³-hybridized carbons (Fsp3) is 0.125. The molecule has 9 nitrogen and oxygen atoms in total. The molecule has 0 saturated carbocycles. The van der Waals surface area contributed by atoms with Crippen LogP contribution in [0.1, 0.15) is 20.7 Å². The minimum Gasteiger partial charge on any atom is -0.465 e. The van der Waals surface area contributed by atoms with Gasteiger partial charge in [-0.1, -0.05) is 34.1 Å². The third-order valence-corrected chi connectivity index (χ3v) is 7.17. The number of carbonyl (C=O) groups excluding carboxylic acids is 3. The highest BCUT2D eigenvalue weighted by atomic mass is 79.9. The first-order valence-electron chi connectivity index (χ1n) is 10.1. The summed E-state index contributed by atoms with van der Waals surface area (Å²) >= 11 is 3.31. The number of nitrogens with one attached hydrogen (secondary N) is 1. The summed E-state index contributed by atoms with van der Waals surface area (Å²) in [6.45, 7) is -0.609. The van der Waals surface area contributed by atoms with E-state index in [0.717, 1.165) is 8.78 Å². The van der Waals surface area contributed by atoms with Crippen molar-refractivity contribution >= 4 is 55.2 Å². The van der Waals surface area contributed by atoms with E-state index >= 15 is 0 Å². The van der Waals surface area contributed by atoms with Gasteiger partial charge in [0.2, 0.25) is 5.91 Å². The minimum absolute atomic E-state index is 0.00124. The Hall–Kier alpha value is -3.70. The van der Waals surface area contributed by atoms with Gasteiger partial charge in [0.15, 0.2) is 0 Å². The average molecular weight is 561 g/mol. The number of nitrogens with zero attached hydrogens (tertiary/aromatic N) is 1. The third kappa shape index (κ3) is 6.06. The Morgan fingerprint density at radius 2 is 1.51 bits per heavy atom. The van der Waals surface area contributed by atoms with Crippen molar-refractivity contribution in [1.82, 2.24) is 0 Å². The Balaban J connectivity index is 1.99. The van der Waals surface area contributed by atoms with E-state index in [1.165, 1.54) is 44.6 Å². The van der Waals surface area contributed by atoms with Crippen molar-refractivity contribution in [3.8, 4) is 0 Å². The monoisotopic (exact) mass is 560 g/mol. The lowest BCUT2D eigenvalue weighted by atomic mass is 10.1. The van der Waals surface area contributed by atoms with Crippen molar-refractivity contribution < 1.29 is 32.3 Å². The molecule has 0 heterocycles. The maximum absolute atomic E-state index is 13.4. The topological polar surface area (TPSA) is 119 Å². The van der Waals surface area contributed by atoms with Crippen molar-refractivity contribution in [3.63, 3.8) is 0 Å². The van der Waals surface area contributed by atoms with Crippen LogP contribution < -0.4 is 9.62 Å². The molecule has 0 aliphatic heterocycles. The Kier molecular flexibility index (Phi) is 8.26. The molecule has 3 aromatic rings. The number of halogens is 1. The molecule has 0 atom stereocenters. The number of anilines is 2. The molecule has 0 unspecified atom stereocenters. The zero-order valence-corrected chi connectivity index (χ0v) is 21.1. The van der Waals surface area contributed by atoms with Gasteiger partial charge in [-0.05, 0) is 54.6 Å². The number of benzene rings is 3. The van der Waals surface area contributed by atoms with Crippen LogP contribution in [0.25, 0.3) is 0 Å². The lowest BCUT2D eigenvalue weighted by molar-refractivity contribution is -0.114. The van der Waals surface area contributed by atoms with Crippen LogP contribution in [0.4, 0.5) is 11.4 Å². The quantitative estimate of drug-likeness (QED) is 0.415. The van der Waals surface area contributed by atoms with Gasteiger partial charge in [-0.15, -0.1) is 0 Å². The van der Waals surface area contributed by atoms with Gasteiger partial charge in [0.1, 0.15) is 6.54 Å². The molecule has 1 N–H and O–H groups in total. The van der Waals surface area contributed by atoms with Gasteiger partial charge < -0.3 is 14.8 Å². The largest absolute Gasteiger partial charge is 0.465 e. The summed E-state index contributed by atoms with van der Waals surface area (Å²) in [6.07, 6.45) is 0. The number of methoxy groups -OCH3 is 2. The Morgan fingerprint density at radius 3 is 2.11 bits per heavy atom. The van der Waals surface area contributed by atoms with Crippen LogP contribution in [0.2, 0.25) is 0 Å². The van der Waals surface area contributed by atoms with E-state index in [-0.39, 0.29) is 27.4 Å². The fourth-order valence-electron chi connectivity index (χ4n) is 3.14. The van der Waals surface area contributed by atoms with Crippen molar-refractivity contribution in [2.75, 3.05) is 30.4 Å². The van der Waals surface area contributed by atoms with Crippen LogP contribution >= 0.6 is 15.9 Å². The molecule has 11 heteroatoms. The van der Waals surface area contributed by atoms with Crippen LogP contribution in [0.5, 0.6) is 0 Å². The predicted octanol–water partition coefficient (Wildman–Crippen LogP) is 3.86. The molecule has 35 heavy (non-hydrogen) atoms. The number of rotatable bonds is 8. The van der Waals surface area contributed by atoms with Gasteiger partial charge >= 0.3 is 11.9 Å². The molecule has 0 radical (unpaired) electrons. The first-order valence-corrected chi connectivity index (χ1v) is 12.3. The van der Waals surface area contributed by atoms with Crippen LogP contribution in [0, 0.1) is 0 Å². The highest BCUT2D eigenvalue weighted by Gasteiger charge is 2.28. The normalized spacial score (nSPS) is 10.8. The predicted molar refractivity (Wildman–Crippen MR) is 133 cm³/mol. The summed E-state index contributed by atoms with van der Waals surface area (Å²) < 4.78 is 37.9. The molecule has 3 rings (SSSR count). The lowest BCUT2D eigenvalue weighted by Gasteiger charge is -2.24. The SMILES string of the molecule is COC(=O)c1ccc(C(=O)OC)c(NC(=O)CN(c2ccc(Br)cc2)S(=O)(=O)c2ccccc2)c1. The molecule has 1 amide bonds. The Bertz CT molecular complexity index is 1340. The second-order valence-corrected chi connectivity index (χ2v) is 9.87. The van der Waals surface area contributed by atoms with Gasteiger partial charge in [-0.25, -0.2) is 18.0 Å². The number of hydrogen-bond donors (Lipinski definition) is 1. The lowest BCUT2D eigenvalue weighted by Crippen LogP contribution is -2.38. The molecule has 0 aliphatic rings. The average Bonchev–Trinajstić information content (AvgIpc) is 2.87. The van der Waals surface area contributed by atoms with Crippen LogP contribution in [-0.4, -0.2) is 47.0 Å². The van der Waals surface area contributed by atoms with Gasteiger partial charge in [0.25, 0.3) is 10.0 Å². The number of sulfonamides is 1. The zero-order valence-electron chi connectivity index (χ0n) is 18.7. The minimum atomic E-state index is -4.12. The van der Waals surface area contributed by atoms with Crippen LogP contribution in [0.15, 0.2) is 82.2 Å². The van der Waals surface area contributed by atoms with E-state index in [2.05, 4.69) is 26.0 Å². The van der Waals surface area contributed by atoms with E-state index in [1.54, 1.807) is 42.5 Å². The molecule has 0 aliphatic carbocycles. The maximum atomic E-state index is 13.4. The van der Waals surface area contributed by atoms with Gasteiger partial charge in [-0.3, -0.25) is 9.10 Å². The molecular formula is C24H21BrN2O7S. The number of carbonyl (C=O) groups is 3. The Labute approximate surface area is 210 Å². The summed E-state index contributed by atoms with van der Waals surface area (Å²) in [5.74, 6) is -2.18. The second-order valence-electron chi connectivity index (χ2n) is 7.09. The van der Waals surface area contributed by atoms with Gasteiger partial charge in [0, 0.05) is 4.47 Å². The van der Waals surface area contributed by atoms with E-state index < -0.39 is 34.4 Å². The molecular weight excluding hydrogens is 540 g/mol. The Morgan fingerprint density at radius 1 is 0.886 bits per heavy atom. The molecule has 182 valence electrons. The summed E-state index contributed by atoms with van der Waals surface area (Å²) in [7, 11) is -1.76. The van der Waals surface area contributed by atoms with Crippen molar-refractivity contribution in [3.05, 3.63) is 88.4 Å². The number of amides is 1. The second kappa shape index (κ2) is 11.2. The van der Waals surface area contributed by atoms with Crippen molar-refractivity contribution in [2.24, 2.45) is 0 Å². The van der Waals surface area contributed by atoms with E-state index in [0.29, 0.717) is 0 Å². The van der Waals surface area contributed by atoms with Crippen molar-refractivity contribution in [2.45, 2.75) is 4.90 Å². The first-order chi connectivity index (χ1) is 16.7. The maximum Gasteiger partial charge on any atom is 0.339 e. The molecule has 0 spiro atoms. The fourth-order valence-corrected chi connectivity index (χ4v) is 4.85. The molecule has 0 aromatic heterocycles. The van der Waals surface area contributed by atoms with E-state index in [1.807, 2.05) is 0 Å². The summed E-state index contributed by atoms with van der Waals surface area (Å²) in [6, 6.07) is 18.0. The van der Waals surface area contributed by atoms with Gasteiger partial charge in [0.05, 0.1) is 41.6 Å². The number of esters is 2. The zero-order chi connectivity index (χ0) is 25.6. The first kappa shape index (κ1) is 25.9. The summed E-state index contributed by atoms with van der Waals surface area (Å²) in [5, 5.41) is 2.52. The van der Waals surface area contributed by atoms with E-state index in [9.17, 15) is 22.8 Å². The smallest absolute Gasteiger partial charge is 0.339 e. The third-order valence-electron chi connectivity index (χ3n) is 4.85. The number of ether oxygens (including phenoxy) is 2. The van der Waals surface area contributed by atoms with Gasteiger partial charge in [-0.2, -0.15) is 0 Å². The standard InChI is InChI=1S/C24H21BrN2O7S/c1-33-23(29)16-8-13-20(24(30)34-2)21(14-16)26-22(28)15-27(18-11-9-17(25)10-12-18)35(31,32)19-6-4-3-5-7-19/h3-14H,15H2,1-2H3,(H,26,28). The summed E-state index contributed by atoms with van der Waals surface area (Å²) in [4.78, 5) is 37.2. The number of hydrogen-bond acceptors (Lipinski definition) is 7. The van der Waals surface area contributed by atoms with Crippen molar-refractivity contribution in [1.29, 1.82) is 0 Å². The van der Waals surface area contributed by atoms with Crippen LogP contribution in [-0.2, 0) is 24.3 Å². The summed E-state index contributed by atoms with van der Waals surface area (Å²) in [5.41, 5.74) is 0.285. The highest BCUT2D eigenvalue weighted by Crippen LogP contribution is 2.26. The highest BCUT2D eigenvalue weighted by molar-refractivity contribution is 9.10. The van der Waals surface area contributed by atoms with E-state index in [4.69, 9.17) is 4.74 Å². The molecule has 0 saturated heterocycles. The molecule has 3 aromatic carbocycles. The molecule has 0 bridgehead atoms.